The fourth-order valence-electron chi connectivity index (χ4n) is 3.71. The molecular formula is C23H25Cl2NO3S. The molecule has 0 bridgehead atoms. The van der Waals surface area contributed by atoms with E-state index in [1.54, 1.807) is 24.3 Å². The predicted octanol–water partition coefficient (Wildman–Crippen LogP) is 6.64. The molecule has 160 valence electrons. The lowest BCUT2D eigenvalue weighted by atomic mass is 9.72. The maximum atomic E-state index is 12.6. The topological polar surface area (TPSA) is 55.4 Å². The lowest BCUT2D eigenvalue weighted by Gasteiger charge is -2.33. The summed E-state index contributed by atoms with van der Waals surface area (Å²) in [4.78, 5) is 26.2. The van der Waals surface area contributed by atoms with E-state index in [4.69, 9.17) is 27.9 Å². The summed E-state index contributed by atoms with van der Waals surface area (Å²) in [6.45, 7) is 6.72. The van der Waals surface area contributed by atoms with Crippen LogP contribution in [0, 0.1) is 11.3 Å². The summed E-state index contributed by atoms with van der Waals surface area (Å²) in [6.07, 6.45) is 5.65. The van der Waals surface area contributed by atoms with Crippen molar-refractivity contribution >= 4 is 57.5 Å². The van der Waals surface area contributed by atoms with E-state index in [2.05, 4.69) is 26.1 Å². The number of carbonyl (C=O) groups excluding carboxylic acids is 2. The van der Waals surface area contributed by atoms with Gasteiger partial charge in [-0.1, -0.05) is 50.0 Å². The van der Waals surface area contributed by atoms with Crippen LogP contribution in [-0.2, 0) is 22.4 Å². The molecule has 0 aliphatic heterocycles. The number of fused-ring (bicyclic) bond motifs is 1. The van der Waals surface area contributed by atoms with Crippen LogP contribution >= 0.6 is 34.5 Å². The highest BCUT2D eigenvalue weighted by atomic mass is 35.5. The van der Waals surface area contributed by atoms with Gasteiger partial charge in [-0.15, -0.1) is 11.3 Å². The fourth-order valence-corrected chi connectivity index (χ4v) is 5.56. The molecule has 1 N–H and O–H groups in total. The summed E-state index contributed by atoms with van der Waals surface area (Å²) < 4.78 is 5.00. The van der Waals surface area contributed by atoms with Gasteiger partial charge in [-0.25, -0.2) is 4.79 Å². The molecular weight excluding hydrogens is 441 g/mol. The van der Waals surface area contributed by atoms with Crippen LogP contribution in [0.2, 0.25) is 10.0 Å². The molecule has 1 aliphatic carbocycles. The number of halogens is 2. The second kappa shape index (κ2) is 9.13. The van der Waals surface area contributed by atoms with E-state index in [0.29, 0.717) is 32.1 Å². The maximum Gasteiger partial charge on any atom is 0.341 e. The Hall–Kier alpha value is -1.82. The molecule has 0 fully saturated rings. The summed E-state index contributed by atoms with van der Waals surface area (Å²) in [5, 5.41) is 4.30. The predicted molar refractivity (Wildman–Crippen MR) is 125 cm³/mol. The molecule has 1 atom stereocenters. The van der Waals surface area contributed by atoms with Gasteiger partial charge in [0.2, 0.25) is 5.91 Å². The minimum atomic E-state index is -0.421. The molecule has 30 heavy (non-hydrogen) atoms. The van der Waals surface area contributed by atoms with Gasteiger partial charge in [-0.3, -0.25) is 4.79 Å². The normalized spacial score (nSPS) is 16.4. The van der Waals surface area contributed by atoms with Crippen molar-refractivity contribution in [1.29, 1.82) is 0 Å². The molecule has 4 nitrogen and oxygen atoms in total. The standard InChI is InChI=1S/C23H25Cl2NO3S/c1-23(2,3)13-8-9-15-18(12-13)30-21(20(15)22(28)29-4)26-19(27)11-10-14-16(24)6-5-7-17(14)25/h5-7,10-11,13H,8-9,12H2,1-4H3,(H,26,27)/b11-10+. The number of ether oxygens (including phenoxy) is 1. The minimum Gasteiger partial charge on any atom is -0.465 e. The largest absolute Gasteiger partial charge is 0.465 e. The first-order valence-electron chi connectivity index (χ1n) is 9.77. The van der Waals surface area contributed by atoms with E-state index in [9.17, 15) is 9.59 Å². The summed E-state index contributed by atoms with van der Waals surface area (Å²) in [5.74, 6) is -0.253. The van der Waals surface area contributed by atoms with E-state index >= 15 is 0 Å². The smallest absolute Gasteiger partial charge is 0.341 e. The lowest BCUT2D eigenvalue weighted by Crippen LogP contribution is -2.26. The third kappa shape index (κ3) is 4.90. The van der Waals surface area contributed by atoms with Gasteiger partial charge in [0.25, 0.3) is 0 Å². The van der Waals surface area contributed by atoms with Crippen LogP contribution in [0.15, 0.2) is 24.3 Å². The Morgan fingerprint density at radius 2 is 1.90 bits per heavy atom. The van der Waals surface area contributed by atoms with Gasteiger partial charge in [0.15, 0.2) is 0 Å². The Bertz CT molecular complexity index is 984. The molecule has 2 aromatic rings. The van der Waals surface area contributed by atoms with E-state index in [1.165, 1.54) is 24.5 Å². The van der Waals surface area contributed by atoms with Crippen molar-refractivity contribution < 1.29 is 14.3 Å². The van der Waals surface area contributed by atoms with Crippen molar-refractivity contribution in [2.24, 2.45) is 11.3 Å². The van der Waals surface area contributed by atoms with Gasteiger partial charge >= 0.3 is 5.97 Å². The number of carbonyl (C=O) groups is 2. The molecule has 0 saturated heterocycles. The molecule has 1 amide bonds. The van der Waals surface area contributed by atoms with E-state index < -0.39 is 5.97 Å². The third-order valence-corrected chi connectivity index (χ3v) is 7.35. The van der Waals surface area contributed by atoms with Crippen molar-refractivity contribution in [3.63, 3.8) is 0 Å². The Kier molecular flexibility index (Phi) is 6.95. The number of rotatable bonds is 4. The molecule has 1 aromatic heterocycles. The minimum absolute atomic E-state index is 0.188. The summed E-state index contributed by atoms with van der Waals surface area (Å²) in [6, 6.07) is 5.16. The molecule has 0 saturated carbocycles. The third-order valence-electron chi connectivity index (χ3n) is 5.52. The number of nitrogens with one attached hydrogen (secondary N) is 1. The molecule has 1 aromatic carbocycles. The lowest BCUT2D eigenvalue weighted by molar-refractivity contribution is -0.111. The number of amides is 1. The SMILES string of the molecule is COC(=O)c1c(NC(=O)/C=C/c2c(Cl)cccc2Cl)sc2c1CCC(C(C)(C)C)C2. The zero-order chi connectivity index (χ0) is 22.1. The van der Waals surface area contributed by atoms with Crippen molar-refractivity contribution in [2.75, 3.05) is 12.4 Å². The summed E-state index contributed by atoms with van der Waals surface area (Å²) in [5.41, 5.74) is 2.24. The molecule has 0 spiro atoms. The number of hydrogen-bond donors (Lipinski definition) is 1. The van der Waals surface area contributed by atoms with Gasteiger partial charge in [0, 0.05) is 26.6 Å². The molecule has 1 aliphatic rings. The molecule has 1 heterocycles. The zero-order valence-electron chi connectivity index (χ0n) is 17.5. The average molecular weight is 466 g/mol. The second-order valence-electron chi connectivity index (χ2n) is 8.46. The fraction of sp³-hybridized carbons (Fsp3) is 0.391. The highest BCUT2D eigenvalue weighted by molar-refractivity contribution is 7.17. The highest BCUT2D eigenvalue weighted by Crippen LogP contribution is 2.44. The van der Waals surface area contributed by atoms with Gasteiger partial charge in [-0.05, 0) is 54.4 Å². The Labute approximate surface area is 191 Å². The van der Waals surface area contributed by atoms with Gasteiger partial charge in [0.05, 0.1) is 12.7 Å². The van der Waals surface area contributed by atoms with Crippen LogP contribution in [0.1, 0.15) is 53.6 Å². The van der Waals surface area contributed by atoms with Crippen LogP contribution < -0.4 is 5.32 Å². The van der Waals surface area contributed by atoms with Crippen molar-refractivity contribution in [3.05, 3.63) is 55.9 Å². The zero-order valence-corrected chi connectivity index (χ0v) is 19.8. The number of benzene rings is 1. The molecule has 1 unspecified atom stereocenters. The van der Waals surface area contributed by atoms with Crippen molar-refractivity contribution in [3.8, 4) is 0 Å². The summed E-state index contributed by atoms with van der Waals surface area (Å²) in [7, 11) is 1.36. The van der Waals surface area contributed by atoms with E-state index in [0.717, 1.165) is 29.7 Å². The summed E-state index contributed by atoms with van der Waals surface area (Å²) >= 11 is 13.8. The molecule has 0 radical (unpaired) electrons. The van der Waals surface area contributed by atoms with Crippen LogP contribution in [0.4, 0.5) is 5.00 Å². The first kappa shape index (κ1) is 22.9. The van der Waals surface area contributed by atoms with Crippen molar-refractivity contribution in [1.82, 2.24) is 0 Å². The van der Waals surface area contributed by atoms with E-state index in [1.807, 2.05) is 0 Å². The van der Waals surface area contributed by atoms with Crippen LogP contribution in [0.5, 0.6) is 0 Å². The Balaban J connectivity index is 1.87. The number of methoxy groups -OCH3 is 1. The Morgan fingerprint density at radius 3 is 2.50 bits per heavy atom. The van der Waals surface area contributed by atoms with Gasteiger partial charge in [-0.2, -0.15) is 0 Å². The highest BCUT2D eigenvalue weighted by Gasteiger charge is 2.34. The maximum absolute atomic E-state index is 12.6. The quantitative estimate of drug-likeness (QED) is 0.406. The van der Waals surface area contributed by atoms with Crippen LogP contribution in [0.25, 0.3) is 6.08 Å². The number of thiophene rings is 1. The molecule has 3 rings (SSSR count). The van der Waals surface area contributed by atoms with Gasteiger partial charge in [0.1, 0.15) is 5.00 Å². The molecule has 7 heteroatoms. The second-order valence-corrected chi connectivity index (χ2v) is 10.4. The van der Waals surface area contributed by atoms with E-state index in [-0.39, 0.29) is 11.3 Å². The number of anilines is 1. The first-order valence-corrected chi connectivity index (χ1v) is 11.3. The van der Waals surface area contributed by atoms with Gasteiger partial charge < -0.3 is 10.1 Å². The van der Waals surface area contributed by atoms with Crippen LogP contribution in [-0.4, -0.2) is 19.0 Å². The number of hydrogen-bond acceptors (Lipinski definition) is 4. The average Bonchev–Trinajstić information content (AvgIpc) is 3.03. The van der Waals surface area contributed by atoms with Crippen LogP contribution in [0.3, 0.4) is 0 Å². The Morgan fingerprint density at radius 1 is 1.23 bits per heavy atom. The monoisotopic (exact) mass is 465 g/mol. The van der Waals surface area contributed by atoms with Crippen molar-refractivity contribution in [2.45, 2.75) is 40.0 Å². The first-order chi connectivity index (χ1) is 14.1. The number of esters is 1.